The fourth-order valence-electron chi connectivity index (χ4n) is 0.946. The summed E-state index contributed by atoms with van der Waals surface area (Å²) < 4.78 is -1.79. The van der Waals surface area contributed by atoms with Crippen molar-refractivity contribution in [1.82, 2.24) is 4.90 Å². The van der Waals surface area contributed by atoms with Crippen molar-refractivity contribution in [2.24, 2.45) is 0 Å². The summed E-state index contributed by atoms with van der Waals surface area (Å²) >= 11 is 18.2. The fourth-order valence-corrected chi connectivity index (χ4v) is 2.21. The van der Waals surface area contributed by atoms with Crippen LogP contribution in [0, 0.1) is 0 Å². The highest BCUT2D eigenvalue weighted by atomic mass is 35.6. The van der Waals surface area contributed by atoms with Gasteiger partial charge in [-0.05, 0) is 0 Å². The molecule has 1 saturated heterocycles. The van der Waals surface area contributed by atoms with E-state index < -0.39 is 9.70 Å². The van der Waals surface area contributed by atoms with Crippen molar-refractivity contribution in [3.8, 4) is 0 Å². The Kier molecular flexibility index (Phi) is 3.83. The van der Waals surface area contributed by atoms with Crippen LogP contribution in [0.5, 0.6) is 0 Å². The maximum absolute atomic E-state index is 11.3. The molecule has 1 amide bonds. The minimum atomic E-state index is -1.79. The molecule has 0 aromatic rings. The third-order valence-electron chi connectivity index (χ3n) is 1.54. The van der Waals surface area contributed by atoms with Gasteiger partial charge >= 0.3 is 0 Å². The van der Waals surface area contributed by atoms with E-state index >= 15 is 0 Å². The van der Waals surface area contributed by atoms with Crippen LogP contribution >= 0.6 is 46.6 Å². The van der Waals surface area contributed by atoms with Crippen LogP contribution in [0.3, 0.4) is 0 Å². The van der Waals surface area contributed by atoms with E-state index in [1.807, 2.05) is 0 Å². The quantitative estimate of drug-likeness (QED) is 0.611. The minimum Gasteiger partial charge on any atom is -0.337 e. The lowest BCUT2D eigenvalue weighted by Crippen LogP contribution is -2.43. The lowest BCUT2D eigenvalue weighted by molar-refractivity contribution is -0.129. The van der Waals surface area contributed by atoms with E-state index in [0.29, 0.717) is 13.1 Å². The van der Waals surface area contributed by atoms with Gasteiger partial charge in [0.05, 0.1) is 0 Å². The van der Waals surface area contributed by atoms with E-state index in [-0.39, 0.29) is 0 Å². The Morgan fingerprint density at radius 2 is 1.75 bits per heavy atom. The Hall–Kier alpha value is 0.690. The van der Waals surface area contributed by atoms with Crippen LogP contribution in [0.4, 0.5) is 0 Å². The molecule has 0 aromatic heterocycles. The van der Waals surface area contributed by atoms with Crippen LogP contribution in [0.2, 0.25) is 0 Å². The number of carbonyl (C=O) groups is 1. The lowest BCUT2D eigenvalue weighted by atomic mass is 10.5. The molecule has 1 aliphatic rings. The molecule has 0 aliphatic carbocycles. The minimum absolute atomic E-state index is 0.409. The Labute approximate surface area is 90.5 Å². The van der Waals surface area contributed by atoms with Crippen molar-refractivity contribution < 1.29 is 4.79 Å². The van der Waals surface area contributed by atoms with Crippen molar-refractivity contribution >= 4 is 52.5 Å². The predicted molar refractivity (Wildman–Crippen MR) is 54.2 cm³/mol. The maximum Gasteiger partial charge on any atom is 0.274 e. The summed E-state index contributed by atoms with van der Waals surface area (Å²) in [5.41, 5.74) is 0. The van der Waals surface area contributed by atoms with Gasteiger partial charge in [-0.15, -0.1) is 0 Å². The SMILES string of the molecule is O=C(N1CCSCC1)C(Cl)(Cl)Cl. The van der Waals surface area contributed by atoms with Gasteiger partial charge in [-0.3, -0.25) is 4.79 Å². The topological polar surface area (TPSA) is 20.3 Å². The highest BCUT2D eigenvalue weighted by Crippen LogP contribution is 2.29. The number of carbonyl (C=O) groups excluding carboxylic acids is 1. The molecular formula is C6H8Cl3NOS. The molecule has 0 spiro atoms. The summed E-state index contributed by atoms with van der Waals surface area (Å²) in [6.45, 7) is 1.36. The van der Waals surface area contributed by atoms with E-state index in [0.717, 1.165) is 11.5 Å². The molecule has 0 unspecified atom stereocenters. The third-order valence-corrected chi connectivity index (χ3v) is 2.97. The molecule has 6 heteroatoms. The van der Waals surface area contributed by atoms with E-state index in [1.54, 1.807) is 16.7 Å². The fraction of sp³-hybridized carbons (Fsp3) is 0.833. The summed E-state index contributed by atoms with van der Waals surface area (Å²) in [4.78, 5) is 12.9. The standard InChI is InChI=1S/C6H8Cl3NOS/c7-6(8,9)5(11)10-1-3-12-4-2-10/h1-4H2. The van der Waals surface area contributed by atoms with Crippen LogP contribution in [0.1, 0.15) is 0 Å². The van der Waals surface area contributed by atoms with Gasteiger partial charge in [0, 0.05) is 24.6 Å². The van der Waals surface area contributed by atoms with Crippen molar-refractivity contribution in [3.63, 3.8) is 0 Å². The molecular weight excluding hydrogens is 240 g/mol. The van der Waals surface area contributed by atoms with E-state index in [2.05, 4.69) is 0 Å². The van der Waals surface area contributed by atoms with Gasteiger partial charge in [0.1, 0.15) is 0 Å². The molecule has 0 N–H and O–H groups in total. The first-order valence-corrected chi connectivity index (χ1v) is 5.74. The molecule has 0 bridgehead atoms. The van der Waals surface area contributed by atoms with Crippen LogP contribution in [-0.2, 0) is 4.79 Å². The zero-order valence-corrected chi connectivity index (χ0v) is 9.31. The van der Waals surface area contributed by atoms with Gasteiger partial charge in [0.2, 0.25) is 0 Å². The number of hydrogen-bond donors (Lipinski definition) is 0. The first-order valence-electron chi connectivity index (χ1n) is 3.45. The monoisotopic (exact) mass is 247 g/mol. The summed E-state index contributed by atoms with van der Waals surface area (Å²) in [7, 11) is 0. The number of rotatable bonds is 0. The molecule has 1 heterocycles. The molecule has 0 aromatic carbocycles. The average molecular weight is 249 g/mol. The highest BCUT2D eigenvalue weighted by Gasteiger charge is 2.35. The lowest BCUT2D eigenvalue weighted by Gasteiger charge is -2.28. The van der Waals surface area contributed by atoms with E-state index in [4.69, 9.17) is 34.8 Å². The Bertz CT molecular complexity index is 176. The number of halogens is 3. The van der Waals surface area contributed by atoms with Gasteiger partial charge in [0.15, 0.2) is 0 Å². The van der Waals surface area contributed by atoms with Crippen LogP contribution in [0.15, 0.2) is 0 Å². The molecule has 0 saturated carbocycles. The zero-order chi connectivity index (χ0) is 9.19. The predicted octanol–water partition coefficient (Wildman–Crippen LogP) is 1.93. The number of thioether (sulfide) groups is 1. The molecule has 1 aliphatic heterocycles. The van der Waals surface area contributed by atoms with Gasteiger partial charge in [-0.2, -0.15) is 11.8 Å². The summed E-state index contributed by atoms with van der Waals surface area (Å²) in [6, 6.07) is 0. The van der Waals surface area contributed by atoms with Gasteiger partial charge in [-0.25, -0.2) is 0 Å². The Morgan fingerprint density at radius 1 is 1.25 bits per heavy atom. The second kappa shape index (κ2) is 4.27. The van der Waals surface area contributed by atoms with Crippen molar-refractivity contribution in [2.45, 2.75) is 3.79 Å². The average Bonchev–Trinajstić information content (AvgIpc) is 2.03. The molecule has 2 nitrogen and oxygen atoms in total. The number of alkyl halides is 3. The molecule has 1 fully saturated rings. The number of hydrogen-bond acceptors (Lipinski definition) is 2. The Morgan fingerprint density at radius 3 is 2.17 bits per heavy atom. The Balaban J connectivity index is 2.51. The second-order valence-corrected chi connectivity index (χ2v) is 5.91. The number of nitrogens with zero attached hydrogens (tertiary/aromatic N) is 1. The summed E-state index contributed by atoms with van der Waals surface area (Å²) in [6.07, 6.45) is 0. The molecule has 0 atom stereocenters. The van der Waals surface area contributed by atoms with Crippen molar-refractivity contribution in [3.05, 3.63) is 0 Å². The van der Waals surface area contributed by atoms with E-state index in [1.165, 1.54) is 0 Å². The smallest absolute Gasteiger partial charge is 0.274 e. The summed E-state index contributed by atoms with van der Waals surface area (Å²) in [5, 5.41) is 0. The van der Waals surface area contributed by atoms with E-state index in [9.17, 15) is 4.79 Å². The van der Waals surface area contributed by atoms with Gasteiger partial charge < -0.3 is 4.90 Å². The van der Waals surface area contributed by atoms with Crippen LogP contribution in [-0.4, -0.2) is 39.2 Å². The van der Waals surface area contributed by atoms with Crippen molar-refractivity contribution in [1.29, 1.82) is 0 Å². The van der Waals surface area contributed by atoms with Gasteiger partial charge in [0.25, 0.3) is 9.70 Å². The van der Waals surface area contributed by atoms with Crippen LogP contribution in [0.25, 0.3) is 0 Å². The van der Waals surface area contributed by atoms with Gasteiger partial charge in [-0.1, -0.05) is 34.8 Å². The van der Waals surface area contributed by atoms with Crippen molar-refractivity contribution in [2.75, 3.05) is 24.6 Å². The highest BCUT2D eigenvalue weighted by molar-refractivity contribution is 7.99. The van der Waals surface area contributed by atoms with Crippen LogP contribution < -0.4 is 0 Å². The largest absolute Gasteiger partial charge is 0.337 e. The second-order valence-electron chi connectivity index (χ2n) is 2.40. The molecule has 70 valence electrons. The summed E-state index contributed by atoms with van der Waals surface area (Å²) in [5.74, 6) is 1.44. The maximum atomic E-state index is 11.3. The first-order chi connectivity index (χ1) is 5.52. The molecule has 0 radical (unpaired) electrons. The molecule has 12 heavy (non-hydrogen) atoms. The molecule has 1 rings (SSSR count). The first kappa shape index (κ1) is 10.8. The number of amides is 1. The third kappa shape index (κ3) is 2.87. The zero-order valence-electron chi connectivity index (χ0n) is 6.23. The normalized spacial score (nSPS) is 19.4.